The zero-order chi connectivity index (χ0) is 36.1. The molecule has 8 aromatic rings. The lowest BCUT2D eigenvalue weighted by Gasteiger charge is -2.35. The SMILES string of the molecule is Cc1cc(C2(c3ccc(OCCO)c(C)c3)c3cccc(-c4csc5ccccc45)c3-c3c(-c4csc5ccccc45)cccc32)ccc1OCCO. The van der Waals surface area contributed by atoms with Gasteiger partial charge in [0.05, 0.1) is 18.6 Å². The average Bonchev–Trinajstić information content (AvgIpc) is 3.90. The molecule has 1 aliphatic carbocycles. The molecule has 53 heavy (non-hydrogen) atoms. The third-order valence-corrected chi connectivity index (χ3v) is 12.6. The topological polar surface area (TPSA) is 58.9 Å². The fraction of sp³-hybridized carbons (Fsp3) is 0.149. The fourth-order valence-corrected chi connectivity index (χ4v) is 10.3. The first kappa shape index (κ1) is 33.6. The second-order valence-corrected chi connectivity index (χ2v) is 15.4. The minimum absolute atomic E-state index is 0.0457. The van der Waals surface area contributed by atoms with Gasteiger partial charge in [0, 0.05) is 31.3 Å². The third-order valence-electron chi connectivity index (χ3n) is 10.6. The summed E-state index contributed by atoms with van der Waals surface area (Å²) in [7, 11) is 0. The van der Waals surface area contributed by atoms with Crippen LogP contribution in [0.25, 0.3) is 53.6 Å². The summed E-state index contributed by atoms with van der Waals surface area (Å²) < 4.78 is 14.5. The van der Waals surface area contributed by atoms with Gasteiger partial charge in [0.2, 0.25) is 0 Å². The van der Waals surface area contributed by atoms with Gasteiger partial charge in [-0.3, -0.25) is 0 Å². The van der Waals surface area contributed by atoms with Crippen molar-refractivity contribution in [3.8, 4) is 44.9 Å². The molecule has 1 aliphatic rings. The average molecular weight is 731 g/mol. The van der Waals surface area contributed by atoms with Crippen LogP contribution in [0.3, 0.4) is 0 Å². The highest BCUT2D eigenvalue weighted by Gasteiger charge is 2.48. The van der Waals surface area contributed by atoms with Crippen LogP contribution in [-0.4, -0.2) is 36.6 Å². The zero-order valence-corrected chi connectivity index (χ0v) is 31.2. The maximum atomic E-state index is 9.55. The van der Waals surface area contributed by atoms with Gasteiger partial charge >= 0.3 is 0 Å². The first-order valence-electron chi connectivity index (χ1n) is 17.9. The fourth-order valence-electron chi connectivity index (χ4n) is 8.42. The highest BCUT2D eigenvalue weighted by Crippen LogP contribution is 2.61. The quantitative estimate of drug-likeness (QED) is 0.147. The van der Waals surface area contributed by atoms with E-state index in [0.717, 1.165) is 33.8 Å². The van der Waals surface area contributed by atoms with Gasteiger partial charge in [-0.05, 0) is 105 Å². The molecule has 0 amide bonds. The molecule has 262 valence electrons. The van der Waals surface area contributed by atoms with E-state index in [4.69, 9.17) is 9.47 Å². The Morgan fingerprint density at radius 3 is 1.40 bits per heavy atom. The molecular formula is C47H38O4S2. The second-order valence-electron chi connectivity index (χ2n) is 13.6. The number of aryl methyl sites for hydroxylation is 2. The van der Waals surface area contributed by atoms with Gasteiger partial charge < -0.3 is 19.7 Å². The monoisotopic (exact) mass is 730 g/mol. The number of rotatable bonds is 10. The molecule has 0 atom stereocenters. The van der Waals surface area contributed by atoms with E-state index >= 15 is 0 Å². The summed E-state index contributed by atoms with van der Waals surface area (Å²) in [6.45, 7) is 4.55. The van der Waals surface area contributed by atoms with Gasteiger partial charge in [-0.1, -0.05) is 97.1 Å². The molecule has 0 spiro atoms. The largest absolute Gasteiger partial charge is 0.491 e. The predicted molar refractivity (Wildman–Crippen MR) is 220 cm³/mol. The van der Waals surface area contributed by atoms with Gasteiger partial charge in [0.1, 0.15) is 24.7 Å². The smallest absolute Gasteiger partial charge is 0.122 e. The molecule has 0 aliphatic heterocycles. The minimum atomic E-state index is -0.700. The number of hydrogen-bond acceptors (Lipinski definition) is 6. The van der Waals surface area contributed by atoms with E-state index in [-0.39, 0.29) is 26.4 Å². The van der Waals surface area contributed by atoms with Crippen LogP contribution in [0.15, 0.2) is 132 Å². The summed E-state index contributed by atoms with van der Waals surface area (Å²) in [6, 6.07) is 44.1. The first-order chi connectivity index (χ1) is 26.0. The van der Waals surface area contributed by atoms with E-state index < -0.39 is 5.41 Å². The van der Waals surface area contributed by atoms with Crippen LogP contribution in [-0.2, 0) is 5.41 Å². The van der Waals surface area contributed by atoms with Crippen molar-refractivity contribution in [2.24, 2.45) is 0 Å². The number of benzene rings is 6. The highest BCUT2D eigenvalue weighted by atomic mass is 32.1. The van der Waals surface area contributed by atoms with Gasteiger partial charge in [-0.15, -0.1) is 22.7 Å². The van der Waals surface area contributed by atoms with E-state index in [9.17, 15) is 10.2 Å². The van der Waals surface area contributed by atoms with Crippen LogP contribution < -0.4 is 9.47 Å². The molecule has 9 rings (SSSR count). The van der Waals surface area contributed by atoms with Crippen LogP contribution in [0, 0.1) is 13.8 Å². The van der Waals surface area contributed by atoms with Crippen molar-refractivity contribution in [3.05, 3.63) is 165 Å². The number of hydrogen-bond donors (Lipinski definition) is 2. The maximum Gasteiger partial charge on any atom is 0.122 e. The first-order valence-corrected chi connectivity index (χ1v) is 19.7. The Balaban J connectivity index is 1.42. The Morgan fingerprint density at radius 1 is 0.509 bits per heavy atom. The van der Waals surface area contributed by atoms with E-state index in [1.165, 1.54) is 64.7 Å². The molecule has 0 unspecified atom stereocenters. The van der Waals surface area contributed by atoms with Crippen LogP contribution in [0.5, 0.6) is 11.5 Å². The summed E-state index contributed by atoms with van der Waals surface area (Å²) in [5.74, 6) is 1.52. The Labute approximate surface area is 317 Å². The molecule has 0 bridgehead atoms. The van der Waals surface area contributed by atoms with E-state index in [1.54, 1.807) is 22.7 Å². The number of ether oxygens (including phenoxy) is 2. The van der Waals surface area contributed by atoms with Gasteiger partial charge in [-0.25, -0.2) is 0 Å². The van der Waals surface area contributed by atoms with Crippen molar-refractivity contribution in [3.63, 3.8) is 0 Å². The van der Waals surface area contributed by atoms with Gasteiger partial charge in [0.25, 0.3) is 0 Å². The molecule has 4 nitrogen and oxygen atoms in total. The Bertz CT molecular complexity index is 2470. The molecule has 0 saturated heterocycles. The lowest BCUT2D eigenvalue weighted by Crippen LogP contribution is -2.29. The van der Waals surface area contributed by atoms with Crippen molar-refractivity contribution >= 4 is 42.8 Å². The van der Waals surface area contributed by atoms with Crippen molar-refractivity contribution in [1.82, 2.24) is 0 Å². The zero-order valence-electron chi connectivity index (χ0n) is 29.6. The standard InChI is InChI=1S/C47H38O4S2/c1-29-25-31(17-19-41(29)50-23-21-48)47(32-18-20-42(30(2)26-32)51-24-22-49)39-13-7-11-35(37-27-52-43-15-5-3-9-33(37)43)45(39)46-36(12-8-14-40(46)47)38-28-53-44-16-6-4-10-34(38)44/h3-20,25-28,48-49H,21-24H2,1-2H3. The Hall–Kier alpha value is -5.24. The van der Waals surface area contributed by atoms with Crippen molar-refractivity contribution in [1.29, 1.82) is 0 Å². The van der Waals surface area contributed by atoms with Crippen molar-refractivity contribution in [2.75, 3.05) is 26.4 Å². The third kappa shape index (κ3) is 5.32. The lowest BCUT2D eigenvalue weighted by atomic mass is 9.67. The van der Waals surface area contributed by atoms with Crippen molar-refractivity contribution < 1.29 is 19.7 Å². The minimum Gasteiger partial charge on any atom is -0.491 e. The lowest BCUT2D eigenvalue weighted by molar-refractivity contribution is 0.200. The summed E-state index contributed by atoms with van der Waals surface area (Å²) >= 11 is 3.58. The summed E-state index contributed by atoms with van der Waals surface area (Å²) in [4.78, 5) is 0. The van der Waals surface area contributed by atoms with E-state index in [2.05, 4.69) is 146 Å². The number of aliphatic hydroxyl groups is 2. The normalized spacial score (nSPS) is 13.0. The van der Waals surface area contributed by atoms with Crippen LogP contribution >= 0.6 is 22.7 Å². The van der Waals surface area contributed by atoms with Crippen LogP contribution in [0.2, 0.25) is 0 Å². The van der Waals surface area contributed by atoms with E-state index in [0.29, 0.717) is 0 Å². The van der Waals surface area contributed by atoms with Crippen molar-refractivity contribution in [2.45, 2.75) is 19.3 Å². The molecule has 6 heteroatoms. The van der Waals surface area contributed by atoms with Gasteiger partial charge in [0.15, 0.2) is 0 Å². The molecular weight excluding hydrogens is 693 g/mol. The van der Waals surface area contributed by atoms with E-state index in [1.807, 2.05) is 0 Å². The maximum absolute atomic E-state index is 9.55. The summed E-state index contributed by atoms with van der Waals surface area (Å²) in [5.41, 5.74) is 13.4. The molecule has 2 heterocycles. The number of aliphatic hydroxyl groups excluding tert-OH is 2. The molecule has 6 aromatic carbocycles. The molecule has 0 radical (unpaired) electrons. The highest BCUT2D eigenvalue weighted by molar-refractivity contribution is 7.18. The molecule has 0 saturated carbocycles. The summed E-state index contributed by atoms with van der Waals surface area (Å²) in [5, 5.41) is 26.2. The molecule has 0 fully saturated rings. The predicted octanol–water partition coefficient (Wildman–Crippen LogP) is 11.2. The van der Waals surface area contributed by atoms with Crippen LogP contribution in [0.1, 0.15) is 33.4 Å². The second kappa shape index (κ2) is 13.6. The van der Waals surface area contributed by atoms with Crippen LogP contribution in [0.4, 0.5) is 0 Å². The Morgan fingerprint density at radius 2 is 0.962 bits per heavy atom. The Kier molecular flexibility index (Phi) is 8.64. The molecule has 2 aromatic heterocycles. The van der Waals surface area contributed by atoms with Gasteiger partial charge in [-0.2, -0.15) is 0 Å². The molecule has 2 N–H and O–H groups in total. The number of thiophene rings is 2. The summed E-state index contributed by atoms with van der Waals surface area (Å²) in [6.07, 6.45) is 0. The number of fused-ring (bicyclic) bond motifs is 5.